The average molecular weight is 194 g/mol. The molecule has 0 spiro atoms. The molecule has 0 fully saturated rings. The second-order valence-electron chi connectivity index (χ2n) is 3.19. The topological polar surface area (TPSA) is 47.6 Å². The fourth-order valence-corrected chi connectivity index (χ4v) is 1.41. The minimum Gasteiger partial charge on any atom is -0.390 e. The molecule has 74 valence electrons. The molecule has 1 aliphatic rings. The first kappa shape index (κ1) is 9.15. The molecule has 3 nitrogen and oxygen atoms in total. The minimum absolute atomic E-state index is 0.107. The quantitative estimate of drug-likeness (QED) is 0.770. The lowest BCUT2D eigenvalue weighted by molar-refractivity contribution is 0.0918. The summed E-state index contributed by atoms with van der Waals surface area (Å²) >= 11 is 0. The number of oxime groups is 1. The molecule has 0 saturated carbocycles. The van der Waals surface area contributed by atoms with Gasteiger partial charge >= 0.3 is 0 Å². The van der Waals surface area contributed by atoms with E-state index in [1.165, 1.54) is 6.07 Å². The first-order valence-corrected chi connectivity index (χ1v) is 4.49. The highest BCUT2D eigenvalue weighted by Crippen LogP contribution is 2.17. The maximum absolute atomic E-state index is 13.3. The van der Waals surface area contributed by atoms with Crippen LogP contribution in [0.15, 0.2) is 29.4 Å². The standard InChI is InChI=1S/C10H11FN2O/c11-9-4-2-1-3-8(9)10-5-7(6-12)14-13-10/h1-4,7H,5-6,12H2/t7-/m0/s1. The van der Waals surface area contributed by atoms with E-state index in [2.05, 4.69) is 5.16 Å². The summed E-state index contributed by atoms with van der Waals surface area (Å²) in [7, 11) is 0. The maximum Gasteiger partial charge on any atom is 0.145 e. The van der Waals surface area contributed by atoms with Crippen LogP contribution in [0, 0.1) is 5.82 Å². The zero-order valence-corrected chi connectivity index (χ0v) is 7.61. The Hall–Kier alpha value is -1.42. The van der Waals surface area contributed by atoms with Gasteiger partial charge in [0.25, 0.3) is 0 Å². The van der Waals surface area contributed by atoms with Crippen molar-refractivity contribution in [1.82, 2.24) is 0 Å². The van der Waals surface area contributed by atoms with Crippen LogP contribution in [0.3, 0.4) is 0 Å². The molecule has 0 aliphatic carbocycles. The smallest absolute Gasteiger partial charge is 0.145 e. The van der Waals surface area contributed by atoms with Gasteiger partial charge in [-0.3, -0.25) is 0 Å². The highest BCUT2D eigenvalue weighted by Gasteiger charge is 2.22. The Balaban J connectivity index is 2.22. The third-order valence-corrected chi connectivity index (χ3v) is 2.18. The fourth-order valence-electron chi connectivity index (χ4n) is 1.41. The molecule has 4 heteroatoms. The van der Waals surface area contributed by atoms with Crippen LogP contribution < -0.4 is 5.73 Å². The predicted octanol–water partition coefficient (Wildman–Crippen LogP) is 1.28. The summed E-state index contributed by atoms with van der Waals surface area (Å²) in [5.41, 5.74) is 6.56. The molecule has 0 radical (unpaired) electrons. The van der Waals surface area contributed by atoms with Crippen molar-refractivity contribution in [3.8, 4) is 0 Å². The van der Waals surface area contributed by atoms with Gasteiger partial charge in [-0.25, -0.2) is 4.39 Å². The van der Waals surface area contributed by atoms with Crippen LogP contribution in [-0.2, 0) is 4.84 Å². The van der Waals surface area contributed by atoms with Crippen molar-refractivity contribution < 1.29 is 9.23 Å². The normalized spacial score (nSPS) is 20.4. The number of nitrogens with zero attached hydrogens (tertiary/aromatic N) is 1. The maximum atomic E-state index is 13.3. The van der Waals surface area contributed by atoms with Gasteiger partial charge in [0.1, 0.15) is 11.9 Å². The summed E-state index contributed by atoms with van der Waals surface area (Å²) in [6.07, 6.45) is 0.474. The van der Waals surface area contributed by atoms with E-state index in [1.54, 1.807) is 18.2 Å². The van der Waals surface area contributed by atoms with Crippen molar-refractivity contribution in [2.45, 2.75) is 12.5 Å². The van der Waals surface area contributed by atoms with E-state index in [1.807, 2.05) is 0 Å². The third kappa shape index (κ3) is 1.61. The monoisotopic (exact) mass is 194 g/mol. The van der Waals surface area contributed by atoms with Crippen LogP contribution in [0.5, 0.6) is 0 Å². The molecule has 0 unspecified atom stereocenters. The van der Waals surface area contributed by atoms with E-state index >= 15 is 0 Å². The Kier molecular flexibility index (Phi) is 2.45. The Morgan fingerprint density at radius 3 is 2.93 bits per heavy atom. The van der Waals surface area contributed by atoms with Crippen LogP contribution >= 0.6 is 0 Å². The second kappa shape index (κ2) is 3.75. The molecule has 0 saturated heterocycles. The van der Waals surface area contributed by atoms with Gasteiger partial charge in [-0.05, 0) is 6.07 Å². The van der Waals surface area contributed by atoms with Gasteiger partial charge < -0.3 is 10.6 Å². The van der Waals surface area contributed by atoms with Gasteiger partial charge in [0, 0.05) is 18.5 Å². The number of hydrogen-bond acceptors (Lipinski definition) is 3. The second-order valence-corrected chi connectivity index (χ2v) is 3.19. The van der Waals surface area contributed by atoms with Crippen molar-refractivity contribution in [2.24, 2.45) is 10.9 Å². The van der Waals surface area contributed by atoms with Gasteiger partial charge in [0.2, 0.25) is 0 Å². The number of rotatable bonds is 2. The van der Waals surface area contributed by atoms with Crippen molar-refractivity contribution in [3.63, 3.8) is 0 Å². The molecular formula is C10H11FN2O. The first-order valence-electron chi connectivity index (χ1n) is 4.49. The summed E-state index contributed by atoms with van der Waals surface area (Å²) in [4.78, 5) is 5.02. The summed E-state index contributed by atoms with van der Waals surface area (Å²) in [6.45, 7) is 0.404. The number of benzene rings is 1. The van der Waals surface area contributed by atoms with E-state index in [0.717, 1.165) is 0 Å². The SMILES string of the molecule is NC[C@@H]1CC(c2ccccc2F)=NO1. The highest BCUT2D eigenvalue weighted by atomic mass is 19.1. The lowest BCUT2D eigenvalue weighted by atomic mass is 10.0. The fraction of sp³-hybridized carbons (Fsp3) is 0.300. The third-order valence-electron chi connectivity index (χ3n) is 2.18. The number of nitrogens with two attached hydrogens (primary N) is 1. The molecule has 2 N–H and O–H groups in total. The Morgan fingerprint density at radius 2 is 2.29 bits per heavy atom. The molecule has 1 aliphatic heterocycles. The number of hydrogen-bond donors (Lipinski definition) is 1. The lowest BCUT2D eigenvalue weighted by Crippen LogP contribution is -2.20. The van der Waals surface area contributed by atoms with Crippen LogP contribution in [0.1, 0.15) is 12.0 Å². The molecular weight excluding hydrogens is 183 g/mol. The molecule has 2 rings (SSSR count). The molecule has 1 aromatic carbocycles. The van der Waals surface area contributed by atoms with E-state index in [4.69, 9.17) is 10.6 Å². The van der Waals surface area contributed by atoms with Crippen molar-refractivity contribution in [1.29, 1.82) is 0 Å². The summed E-state index contributed by atoms with van der Waals surface area (Å²) in [6, 6.07) is 6.52. The molecule has 14 heavy (non-hydrogen) atoms. The van der Waals surface area contributed by atoms with Crippen LogP contribution in [-0.4, -0.2) is 18.4 Å². The van der Waals surface area contributed by atoms with E-state index in [-0.39, 0.29) is 11.9 Å². The van der Waals surface area contributed by atoms with Crippen LogP contribution in [0.4, 0.5) is 4.39 Å². The first-order chi connectivity index (χ1) is 6.81. The van der Waals surface area contributed by atoms with Gasteiger partial charge in [-0.15, -0.1) is 0 Å². The Labute approximate surface area is 81.4 Å². The van der Waals surface area contributed by atoms with Gasteiger partial charge in [-0.2, -0.15) is 0 Å². The molecule has 1 aromatic rings. The lowest BCUT2D eigenvalue weighted by Gasteiger charge is -2.02. The Bertz CT molecular complexity index is 365. The molecule has 0 bridgehead atoms. The molecule has 1 heterocycles. The number of halogens is 1. The van der Waals surface area contributed by atoms with Gasteiger partial charge in [0.05, 0.1) is 5.71 Å². The van der Waals surface area contributed by atoms with Crippen molar-refractivity contribution >= 4 is 5.71 Å². The summed E-state index contributed by atoms with van der Waals surface area (Å²) < 4.78 is 13.3. The summed E-state index contributed by atoms with van der Waals surface area (Å²) in [5, 5.41) is 3.82. The molecule has 0 amide bonds. The Morgan fingerprint density at radius 1 is 1.50 bits per heavy atom. The van der Waals surface area contributed by atoms with E-state index < -0.39 is 0 Å². The van der Waals surface area contributed by atoms with Crippen molar-refractivity contribution in [3.05, 3.63) is 35.6 Å². The van der Waals surface area contributed by atoms with Gasteiger partial charge in [-0.1, -0.05) is 23.4 Å². The summed E-state index contributed by atoms with van der Waals surface area (Å²) in [5.74, 6) is -0.271. The van der Waals surface area contributed by atoms with E-state index in [9.17, 15) is 4.39 Å². The molecule has 0 aromatic heterocycles. The largest absolute Gasteiger partial charge is 0.390 e. The van der Waals surface area contributed by atoms with Crippen molar-refractivity contribution in [2.75, 3.05) is 6.54 Å². The molecule has 1 atom stereocenters. The minimum atomic E-state index is -0.271. The van der Waals surface area contributed by atoms with Gasteiger partial charge in [0.15, 0.2) is 0 Å². The zero-order valence-electron chi connectivity index (χ0n) is 7.61. The predicted molar refractivity (Wildman–Crippen MR) is 51.5 cm³/mol. The van der Waals surface area contributed by atoms with Crippen LogP contribution in [0.25, 0.3) is 0 Å². The average Bonchev–Trinajstić information content (AvgIpc) is 2.67. The van der Waals surface area contributed by atoms with Crippen LogP contribution in [0.2, 0.25) is 0 Å². The highest BCUT2D eigenvalue weighted by molar-refractivity contribution is 6.01. The van der Waals surface area contributed by atoms with E-state index in [0.29, 0.717) is 24.2 Å². The zero-order chi connectivity index (χ0) is 9.97.